The molecule has 0 saturated carbocycles. The molecule has 2 rings (SSSR count). The standard InChI is InChI=1S/C18H28N2O3.ClH/c1-11(2)16-6-5-15(7-12(16)3)23-13(4)18(22)20-9-14-8-19-10-17(14)21;/h5-7,11,13-14,17,19,21H,8-10H2,1-4H3,(H,20,22);1H. The van der Waals surface area contributed by atoms with E-state index in [1.54, 1.807) is 6.92 Å². The van der Waals surface area contributed by atoms with Crippen LogP contribution in [0, 0.1) is 12.8 Å². The summed E-state index contributed by atoms with van der Waals surface area (Å²) < 4.78 is 5.74. The van der Waals surface area contributed by atoms with E-state index < -0.39 is 12.2 Å². The zero-order chi connectivity index (χ0) is 17.0. The molecule has 1 aliphatic heterocycles. The Morgan fingerprint density at radius 2 is 2.08 bits per heavy atom. The summed E-state index contributed by atoms with van der Waals surface area (Å²) in [5, 5.41) is 15.7. The molecular formula is C18H29ClN2O3. The molecule has 0 spiro atoms. The molecule has 1 saturated heterocycles. The van der Waals surface area contributed by atoms with Crippen molar-refractivity contribution >= 4 is 18.3 Å². The van der Waals surface area contributed by atoms with Gasteiger partial charge in [0.05, 0.1) is 6.10 Å². The molecule has 1 heterocycles. The lowest BCUT2D eigenvalue weighted by Crippen LogP contribution is -2.41. The van der Waals surface area contributed by atoms with Crippen LogP contribution in [0.15, 0.2) is 18.2 Å². The summed E-state index contributed by atoms with van der Waals surface area (Å²) in [5.41, 5.74) is 2.46. The molecule has 5 nitrogen and oxygen atoms in total. The highest BCUT2D eigenvalue weighted by atomic mass is 35.5. The maximum Gasteiger partial charge on any atom is 0.260 e. The van der Waals surface area contributed by atoms with Crippen molar-refractivity contribution in [3.63, 3.8) is 0 Å². The second kappa shape index (κ2) is 9.25. The smallest absolute Gasteiger partial charge is 0.260 e. The highest BCUT2D eigenvalue weighted by molar-refractivity contribution is 5.85. The normalized spacial score (nSPS) is 21.2. The molecule has 1 aliphatic rings. The van der Waals surface area contributed by atoms with Crippen LogP contribution in [-0.2, 0) is 4.79 Å². The zero-order valence-corrected chi connectivity index (χ0v) is 15.7. The number of aliphatic hydroxyl groups excluding tert-OH is 1. The molecule has 1 aromatic carbocycles. The average Bonchev–Trinajstić information content (AvgIpc) is 2.89. The lowest BCUT2D eigenvalue weighted by Gasteiger charge is -2.19. The molecule has 0 radical (unpaired) electrons. The fraction of sp³-hybridized carbons (Fsp3) is 0.611. The second-order valence-electron chi connectivity index (χ2n) is 6.66. The molecule has 6 heteroatoms. The van der Waals surface area contributed by atoms with Gasteiger partial charge in [0, 0.05) is 25.6 Å². The number of hydrogen-bond acceptors (Lipinski definition) is 4. The van der Waals surface area contributed by atoms with Crippen LogP contribution in [0.3, 0.4) is 0 Å². The van der Waals surface area contributed by atoms with E-state index in [0.717, 1.165) is 6.54 Å². The molecule has 1 amide bonds. The Bertz CT molecular complexity index is 551. The maximum atomic E-state index is 12.1. The van der Waals surface area contributed by atoms with Gasteiger partial charge < -0.3 is 20.5 Å². The van der Waals surface area contributed by atoms with E-state index in [9.17, 15) is 9.90 Å². The van der Waals surface area contributed by atoms with Gasteiger partial charge in [0.2, 0.25) is 0 Å². The van der Waals surface area contributed by atoms with Gasteiger partial charge in [-0.25, -0.2) is 0 Å². The van der Waals surface area contributed by atoms with Crippen molar-refractivity contribution in [1.29, 1.82) is 0 Å². The molecule has 3 unspecified atom stereocenters. The number of benzene rings is 1. The Morgan fingerprint density at radius 1 is 1.38 bits per heavy atom. The van der Waals surface area contributed by atoms with E-state index in [1.807, 2.05) is 12.1 Å². The van der Waals surface area contributed by atoms with E-state index in [2.05, 4.69) is 37.5 Å². The highest BCUT2D eigenvalue weighted by Crippen LogP contribution is 2.24. The molecular weight excluding hydrogens is 328 g/mol. The topological polar surface area (TPSA) is 70.6 Å². The summed E-state index contributed by atoms with van der Waals surface area (Å²) in [5.74, 6) is 1.08. The van der Waals surface area contributed by atoms with E-state index in [-0.39, 0.29) is 24.2 Å². The second-order valence-corrected chi connectivity index (χ2v) is 6.66. The van der Waals surface area contributed by atoms with Crippen LogP contribution >= 0.6 is 12.4 Å². The first-order valence-corrected chi connectivity index (χ1v) is 8.32. The Kier molecular flexibility index (Phi) is 8.00. The Morgan fingerprint density at radius 3 is 2.62 bits per heavy atom. The Balaban J connectivity index is 0.00000288. The van der Waals surface area contributed by atoms with E-state index >= 15 is 0 Å². The number of carbonyl (C=O) groups is 1. The zero-order valence-electron chi connectivity index (χ0n) is 14.8. The SMILES string of the molecule is Cc1cc(OC(C)C(=O)NCC2CNCC2O)ccc1C(C)C.Cl. The molecule has 24 heavy (non-hydrogen) atoms. The van der Waals surface area contributed by atoms with Gasteiger partial charge in [-0.05, 0) is 43.0 Å². The number of ether oxygens (including phenoxy) is 1. The summed E-state index contributed by atoms with van der Waals surface area (Å²) in [6, 6.07) is 5.95. The third-order valence-electron chi connectivity index (χ3n) is 4.39. The van der Waals surface area contributed by atoms with Gasteiger partial charge in [-0.3, -0.25) is 4.79 Å². The molecule has 1 fully saturated rings. The highest BCUT2D eigenvalue weighted by Gasteiger charge is 2.26. The van der Waals surface area contributed by atoms with Crippen molar-refractivity contribution in [2.24, 2.45) is 5.92 Å². The molecule has 0 aliphatic carbocycles. The van der Waals surface area contributed by atoms with E-state index in [1.165, 1.54) is 11.1 Å². The van der Waals surface area contributed by atoms with Crippen molar-refractivity contribution in [3.05, 3.63) is 29.3 Å². The number of rotatable bonds is 6. The summed E-state index contributed by atoms with van der Waals surface area (Å²) in [7, 11) is 0. The molecule has 0 bridgehead atoms. The predicted molar refractivity (Wildman–Crippen MR) is 98.0 cm³/mol. The molecule has 0 aromatic heterocycles. The number of halogens is 1. The van der Waals surface area contributed by atoms with E-state index in [4.69, 9.17) is 4.74 Å². The largest absolute Gasteiger partial charge is 0.481 e. The number of aryl methyl sites for hydroxylation is 1. The first kappa shape index (κ1) is 20.7. The van der Waals surface area contributed by atoms with E-state index in [0.29, 0.717) is 24.8 Å². The number of β-amino-alcohol motifs (C(OH)–C–C–N with tert-alkyl or cyclic N) is 1. The minimum atomic E-state index is -0.564. The van der Waals surface area contributed by atoms with Gasteiger partial charge in [0.15, 0.2) is 6.10 Å². The first-order valence-electron chi connectivity index (χ1n) is 8.32. The van der Waals surface area contributed by atoms with Crippen molar-refractivity contribution in [3.8, 4) is 5.75 Å². The van der Waals surface area contributed by atoms with Crippen LogP contribution in [0.5, 0.6) is 5.75 Å². The van der Waals surface area contributed by atoms with Crippen LogP contribution < -0.4 is 15.4 Å². The van der Waals surface area contributed by atoms with Gasteiger partial charge in [-0.1, -0.05) is 19.9 Å². The lowest BCUT2D eigenvalue weighted by atomic mass is 9.98. The summed E-state index contributed by atoms with van der Waals surface area (Å²) in [4.78, 5) is 12.1. The fourth-order valence-electron chi connectivity index (χ4n) is 2.93. The summed E-state index contributed by atoms with van der Waals surface area (Å²) in [6.45, 7) is 9.90. The van der Waals surface area contributed by atoms with Crippen molar-refractivity contribution < 1.29 is 14.6 Å². The van der Waals surface area contributed by atoms with Gasteiger partial charge in [0.1, 0.15) is 5.75 Å². The molecule has 3 N–H and O–H groups in total. The van der Waals surface area contributed by atoms with Crippen LogP contribution in [0.2, 0.25) is 0 Å². The number of hydrogen-bond donors (Lipinski definition) is 3. The lowest BCUT2D eigenvalue weighted by molar-refractivity contribution is -0.127. The van der Waals surface area contributed by atoms with Crippen molar-refractivity contribution in [2.45, 2.75) is 45.8 Å². The third kappa shape index (κ3) is 5.36. The quantitative estimate of drug-likeness (QED) is 0.729. The van der Waals surface area contributed by atoms with Gasteiger partial charge >= 0.3 is 0 Å². The van der Waals surface area contributed by atoms with Gasteiger partial charge in [0.25, 0.3) is 5.91 Å². The first-order chi connectivity index (χ1) is 10.9. The molecule has 1 aromatic rings. The third-order valence-corrected chi connectivity index (χ3v) is 4.39. The van der Waals surface area contributed by atoms with Crippen molar-refractivity contribution in [1.82, 2.24) is 10.6 Å². The summed E-state index contributed by atoms with van der Waals surface area (Å²) in [6.07, 6.45) is -0.955. The van der Waals surface area contributed by atoms with Crippen LogP contribution in [0.25, 0.3) is 0 Å². The average molecular weight is 357 g/mol. The Labute approximate surface area is 150 Å². The minimum absolute atomic E-state index is 0. The maximum absolute atomic E-state index is 12.1. The van der Waals surface area contributed by atoms with Gasteiger partial charge in [-0.2, -0.15) is 0 Å². The van der Waals surface area contributed by atoms with Gasteiger partial charge in [-0.15, -0.1) is 12.4 Å². The fourth-order valence-corrected chi connectivity index (χ4v) is 2.93. The summed E-state index contributed by atoms with van der Waals surface area (Å²) >= 11 is 0. The number of aliphatic hydroxyl groups is 1. The van der Waals surface area contributed by atoms with Crippen molar-refractivity contribution in [2.75, 3.05) is 19.6 Å². The van der Waals surface area contributed by atoms with Crippen LogP contribution in [-0.4, -0.2) is 42.9 Å². The number of amides is 1. The minimum Gasteiger partial charge on any atom is -0.481 e. The molecule has 3 atom stereocenters. The number of carbonyl (C=O) groups excluding carboxylic acids is 1. The molecule has 136 valence electrons. The monoisotopic (exact) mass is 356 g/mol. The number of nitrogens with one attached hydrogen (secondary N) is 2. The Hall–Kier alpha value is -1.30. The van der Waals surface area contributed by atoms with Crippen LogP contribution in [0.1, 0.15) is 37.8 Å². The predicted octanol–water partition coefficient (Wildman–Crippen LogP) is 2.00. The van der Waals surface area contributed by atoms with Crippen LogP contribution in [0.4, 0.5) is 0 Å².